The molecule has 18 heteroatoms. The molecule has 0 aromatic heterocycles. The molecule has 102 valence electrons. The Morgan fingerprint density at radius 3 is 0.333 bits per heavy atom. The van der Waals surface area contributed by atoms with E-state index in [9.17, 15) is 0 Å². The third kappa shape index (κ3) is 63.0. The quantitative estimate of drug-likeness (QED) is 0.223. The molecule has 0 atom stereocenters. The molecule has 0 saturated heterocycles. The van der Waals surface area contributed by atoms with Crippen molar-refractivity contribution in [3.63, 3.8) is 0 Å². The zero-order valence-electron chi connectivity index (χ0n) is 13.9. The molecule has 0 N–H and O–H groups in total. The second-order valence-electron chi connectivity index (χ2n) is 1.72. The van der Waals surface area contributed by atoms with E-state index in [0.717, 1.165) is 0 Å². The summed E-state index contributed by atoms with van der Waals surface area (Å²) in [4.78, 5) is 53.6. The number of carboxylic acid groups (broad SMARTS) is 6. The second-order valence-corrected chi connectivity index (χ2v) is 1.72. The van der Waals surface area contributed by atoms with Crippen molar-refractivity contribution in [2.75, 3.05) is 0 Å². The van der Waals surface area contributed by atoms with E-state index in [1.54, 1.807) is 0 Å². The van der Waals surface area contributed by atoms with Gasteiger partial charge >= 0.3 is 308 Å². The third-order valence-electron chi connectivity index (χ3n) is 0.500. The molecular weight excluding hydrogens is 499 g/mol. The summed E-state index contributed by atoms with van der Waals surface area (Å²) in [5.41, 5.74) is 0. The first-order chi connectivity index (χ1) is 7.93. The maximum Gasteiger partial charge on any atom is 1.00 e. The van der Waals surface area contributed by atoms with Gasteiger partial charge in [-0.15, -0.1) is 0 Å². The summed E-state index contributed by atoms with van der Waals surface area (Å²) in [7, 11) is 0. The molecule has 0 spiro atoms. The molecular formula is C6K6O12. The van der Waals surface area contributed by atoms with E-state index in [0.29, 0.717) is 0 Å². The largest absolute Gasteiger partial charge is 1.00 e. The average molecular weight is 499 g/mol. The fourth-order valence-corrected chi connectivity index (χ4v) is 0. The SMILES string of the molecule is O=C([O-])C(=O)[O-].O=C([O-])C(=O)[O-].O=C([O-])C(=O)[O-].[K+].[K+].[K+].[K+].[K+].[K+]. The van der Waals surface area contributed by atoms with Crippen molar-refractivity contribution in [1.29, 1.82) is 0 Å². The Morgan fingerprint density at radius 2 is 0.333 bits per heavy atom. The summed E-state index contributed by atoms with van der Waals surface area (Å²) < 4.78 is 0. The molecule has 24 heavy (non-hydrogen) atoms. The normalized spacial score (nSPS) is 5.50. The van der Waals surface area contributed by atoms with Gasteiger partial charge in [0.05, 0.1) is 35.8 Å². The molecule has 0 saturated carbocycles. The number of carboxylic acids is 6. The molecule has 0 bridgehead atoms. The molecule has 0 amide bonds. The van der Waals surface area contributed by atoms with Gasteiger partial charge in [-0.25, -0.2) is 0 Å². The van der Waals surface area contributed by atoms with Gasteiger partial charge in [0.1, 0.15) is 0 Å². The Balaban J connectivity index is -0.0000000179. The maximum absolute atomic E-state index is 8.93. The Bertz CT molecular complexity index is 291. The Morgan fingerprint density at radius 1 is 0.292 bits per heavy atom. The Labute approximate surface area is 390 Å². The molecule has 0 aromatic carbocycles. The van der Waals surface area contributed by atoms with Gasteiger partial charge in [-0.05, 0) is 0 Å². The smallest absolute Gasteiger partial charge is 0.543 e. The van der Waals surface area contributed by atoms with Crippen LogP contribution in [0.25, 0.3) is 0 Å². The maximum atomic E-state index is 8.93. The van der Waals surface area contributed by atoms with Gasteiger partial charge < -0.3 is 59.4 Å². The van der Waals surface area contributed by atoms with E-state index >= 15 is 0 Å². The first-order valence-electron chi connectivity index (χ1n) is 3.20. The van der Waals surface area contributed by atoms with Gasteiger partial charge in [0.25, 0.3) is 0 Å². The molecule has 0 heterocycles. The predicted molar refractivity (Wildman–Crippen MR) is 30.0 cm³/mol. The van der Waals surface area contributed by atoms with Crippen LogP contribution in [0, 0.1) is 0 Å². The fourth-order valence-electron chi connectivity index (χ4n) is 0. The summed E-state index contributed by atoms with van der Waals surface area (Å²) in [6.45, 7) is 0. The number of aliphatic carboxylic acids is 6. The zero-order chi connectivity index (χ0) is 15.5. The van der Waals surface area contributed by atoms with Gasteiger partial charge in [-0.1, -0.05) is 0 Å². The van der Waals surface area contributed by atoms with Crippen LogP contribution in [-0.2, 0) is 28.8 Å². The average Bonchev–Trinajstić information content (AvgIpc) is 2.18. The van der Waals surface area contributed by atoms with Crippen molar-refractivity contribution in [3.05, 3.63) is 0 Å². The van der Waals surface area contributed by atoms with E-state index in [4.69, 9.17) is 59.4 Å². The van der Waals surface area contributed by atoms with E-state index in [-0.39, 0.29) is 308 Å². The summed E-state index contributed by atoms with van der Waals surface area (Å²) in [6, 6.07) is 0. The molecule has 0 fully saturated rings. The van der Waals surface area contributed by atoms with Crippen molar-refractivity contribution in [2.45, 2.75) is 0 Å². The van der Waals surface area contributed by atoms with Crippen LogP contribution >= 0.6 is 0 Å². The molecule has 0 aliphatic heterocycles. The van der Waals surface area contributed by atoms with Crippen LogP contribution < -0.4 is 339 Å². The number of carbonyl (C=O) groups excluding carboxylic acids is 6. The summed E-state index contributed by atoms with van der Waals surface area (Å²) in [5.74, 6) is -13.1. The van der Waals surface area contributed by atoms with Gasteiger partial charge in [0.15, 0.2) is 0 Å². The van der Waals surface area contributed by atoms with Gasteiger partial charge in [-0.3, -0.25) is 0 Å². The molecule has 0 unspecified atom stereocenters. The molecule has 0 aliphatic rings. The molecule has 0 rings (SSSR count). The summed E-state index contributed by atoms with van der Waals surface area (Å²) in [5, 5.41) is 53.6. The van der Waals surface area contributed by atoms with Gasteiger partial charge in [0, 0.05) is 0 Å². The first-order valence-corrected chi connectivity index (χ1v) is 3.20. The minimum Gasteiger partial charge on any atom is -0.543 e. The molecule has 0 aliphatic carbocycles. The number of rotatable bonds is 0. The van der Waals surface area contributed by atoms with Crippen LogP contribution in [0.15, 0.2) is 0 Å². The molecule has 12 nitrogen and oxygen atoms in total. The number of hydrogen-bond acceptors (Lipinski definition) is 12. The monoisotopic (exact) mass is 498 g/mol. The standard InChI is InChI=1S/3C2H2O4.6K/c3*3-1(4)2(5)6;;;;;;/h3*(H,3,4)(H,5,6);;;;;;/q;;;6*+1/p-6. The van der Waals surface area contributed by atoms with Crippen LogP contribution in [0.1, 0.15) is 0 Å². The van der Waals surface area contributed by atoms with E-state index in [1.165, 1.54) is 0 Å². The van der Waals surface area contributed by atoms with Crippen LogP contribution in [0.3, 0.4) is 0 Å². The minimum atomic E-state index is -2.19. The predicted octanol–water partition coefficient (Wildman–Crippen LogP) is -28.5. The summed E-state index contributed by atoms with van der Waals surface area (Å²) >= 11 is 0. The molecule has 0 radical (unpaired) electrons. The topological polar surface area (TPSA) is 241 Å². The van der Waals surface area contributed by atoms with E-state index < -0.39 is 35.8 Å². The van der Waals surface area contributed by atoms with Crippen LogP contribution in [-0.4, -0.2) is 35.8 Å². The van der Waals surface area contributed by atoms with Crippen molar-refractivity contribution in [3.8, 4) is 0 Å². The number of carbonyl (C=O) groups is 6. The Hall–Kier alpha value is 6.64. The van der Waals surface area contributed by atoms with E-state index in [2.05, 4.69) is 0 Å². The van der Waals surface area contributed by atoms with Crippen molar-refractivity contribution >= 4 is 35.8 Å². The van der Waals surface area contributed by atoms with Crippen LogP contribution in [0.4, 0.5) is 0 Å². The first kappa shape index (κ1) is 57.5. The fraction of sp³-hybridized carbons (Fsp3) is 0. The molecule has 0 aromatic rings. The van der Waals surface area contributed by atoms with Crippen molar-refractivity contribution in [1.82, 2.24) is 0 Å². The minimum absolute atomic E-state index is 0. The summed E-state index contributed by atoms with van der Waals surface area (Å²) in [6.07, 6.45) is 0. The van der Waals surface area contributed by atoms with Crippen molar-refractivity contribution < 1.29 is 368 Å². The Kier molecular flexibility index (Phi) is 95.9. The second kappa shape index (κ2) is 40.0. The number of hydrogen-bond donors (Lipinski definition) is 0. The van der Waals surface area contributed by atoms with Crippen LogP contribution in [0.5, 0.6) is 0 Å². The van der Waals surface area contributed by atoms with Crippen LogP contribution in [0.2, 0.25) is 0 Å². The zero-order valence-corrected chi connectivity index (χ0v) is 32.6. The van der Waals surface area contributed by atoms with Gasteiger partial charge in [0.2, 0.25) is 0 Å². The third-order valence-corrected chi connectivity index (χ3v) is 0.500. The van der Waals surface area contributed by atoms with Gasteiger partial charge in [-0.2, -0.15) is 0 Å². The van der Waals surface area contributed by atoms with E-state index in [1.807, 2.05) is 0 Å². The van der Waals surface area contributed by atoms with Crippen molar-refractivity contribution in [2.24, 2.45) is 0 Å².